The van der Waals surface area contributed by atoms with Crippen molar-refractivity contribution in [3.8, 4) is 0 Å². The molecule has 1 aromatic carbocycles. The standard InChI is InChI=1S/C15H21BrN2O/c1-18(10-8-12-5-4-9-17-11-12)15(19)13-6-2-3-7-14(13)16/h2-3,6-7,12,17H,4-5,8-11H2,1H3. The summed E-state index contributed by atoms with van der Waals surface area (Å²) in [4.78, 5) is 14.1. The summed E-state index contributed by atoms with van der Waals surface area (Å²) in [6.07, 6.45) is 3.62. The number of carbonyl (C=O) groups is 1. The van der Waals surface area contributed by atoms with E-state index in [-0.39, 0.29) is 5.91 Å². The average Bonchev–Trinajstić information content (AvgIpc) is 2.45. The average molecular weight is 325 g/mol. The smallest absolute Gasteiger partial charge is 0.254 e. The van der Waals surface area contributed by atoms with E-state index in [2.05, 4.69) is 21.2 Å². The van der Waals surface area contributed by atoms with Gasteiger partial charge in [-0.2, -0.15) is 0 Å². The van der Waals surface area contributed by atoms with Gasteiger partial charge in [0, 0.05) is 18.1 Å². The lowest BCUT2D eigenvalue weighted by Gasteiger charge is -2.25. The highest BCUT2D eigenvalue weighted by Gasteiger charge is 2.17. The van der Waals surface area contributed by atoms with Gasteiger partial charge in [0.2, 0.25) is 0 Å². The molecule has 4 heteroatoms. The Kier molecular flexibility index (Phi) is 5.40. The first-order valence-electron chi connectivity index (χ1n) is 6.89. The molecule has 1 N–H and O–H groups in total. The number of halogens is 1. The molecule has 1 heterocycles. The molecular formula is C15H21BrN2O. The number of amides is 1. The fraction of sp³-hybridized carbons (Fsp3) is 0.533. The van der Waals surface area contributed by atoms with Gasteiger partial charge in [0.1, 0.15) is 0 Å². The van der Waals surface area contributed by atoms with E-state index < -0.39 is 0 Å². The summed E-state index contributed by atoms with van der Waals surface area (Å²) in [6, 6.07) is 7.60. The molecule has 0 saturated carbocycles. The molecule has 19 heavy (non-hydrogen) atoms. The van der Waals surface area contributed by atoms with Gasteiger partial charge < -0.3 is 10.2 Å². The van der Waals surface area contributed by atoms with Crippen molar-refractivity contribution in [1.29, 1.82) is 0 Å². The molecule has 2 rings (SSSR count). The summed E-state index contributed by atoms with van der Waals surface area (Å²) in [5.41, 5.74) is 0.742. The van der Waals surface area contributed by atoms with Crippen molar-refractivity contribution < 1.29 is 4.79 Å². The molecule has 0 bridgehead atoms. The first-order chi connectivity index (χ1) is 9.18. The summed E-state index contributed by atoms with van der Waals surface area (Å²) in [6.45, 7) is 3.06. The second-order valence-electron chi connectivity index (χ2n) is 5.21. The maximum absolute atomic E-state index is 12.3. The van der Waals surface area contributed by atoms with Crippen LogP contribution >= 0.6 is 15.9 Å². The maximum Gasteiger partial charge on any atom is 0.254 e. The predicted octanol–water partition coefficient (Wildman–Crippen LogP) is 2.91. The molecule has 1 atom stereocenters. The Balaban J connectivity index is 1.87. The van der Waals surface area contributed by atoms with Crippen molar-refractivity contribution in [2.24, 2.45) is 5.92 Å². The third-order valence-corrected chi connectivity index (χ3v) is 4.41. The summed E-state index contributed by atoms with van der Waals surface area (Å²) in [7, 11) is 1.89. The highest BCUT2D eigenvalue weighted by molar-refractivity contribution is 9.10. The molecule has 1 aromatic rings. The van der Waals surface area contributed by atoms with Gasteiger partial charge in [-0.15, -0.1) is 0 Å². The van der Waals surface area contributed by atoms with Crippen LogP contribution in [0, 0.1) is 5.92 Å². The fourth-order valence-electron chi connectivity index (χ4n) is 2.49. The molecule has 104 valence electrons. The Morgan fingerprint density at radius 2 is 2.26 bits per heavy atom. The zero-order valence-corrected chi connectivity index (χ0v) is 12.9. The minimum Gasteiger partial charge on any atom is -0.342 e. The van der Waals surface area contributed by atoms with Crippen molar-refractivity contribution in [2.45, 2.75) is 19.3 Å². The number of hydrogen-bond acceptors (Lipinski definition) is 2. The molecule has 1 aliphatic rings. The molecular weight excluding hydrogens is 304 g/mol. The SMILES string of the molecule is CN(CCC1CCCNC1)C(=O)c1ccccc1Br. The topological polar surface area (TPSA) is 32.3 Å². The first-order valence-corrected chi connectivity index (χ1v) is 7.68. The Bertz CT molecular complexity index is 430. The number of benzene rings is 1. The first kappa shape index (κ1) is 14.5. The Morgan fingerprint density at radius 1 is 1.47 bits per heavy atom. The number of hydrogen-bond donors (Lipinski definition) is 1. The normalized spacial score (nSPS) is 19.2. The van der Waals surface area contributed by atoms with Gasteiger partial charge >= 0.3 is 0 Å². The molecule has 0 spiro atoms. The second-order valence-corrected chi connectivity index (χ2v) is 6.06. The van der Waals surface area contributed by atoms with Crippen LogP contribution in [0.15, 0.2) is 28.7 Å². The molecule has 1 fully saturated rings. The molecule has 0 aliphatic carbocycles. The highest BCUT2D eigenvalue weighted by atomic mass is 79.9. The molecule has 3 nitrogen and oxygen atoms in total. The maximum atomic E-state index is 12.3. The van der Waals surface area contributed by atoms with Crippen LogP contribution in [0.25, 0.3) is 0 Å². The van der Waals surface area contributed by atoms with Crippen molar-refractivity contribution in [2.75, 3.05) is 26.7 Å². The summed E-state index contributed by atoms with van der Waals surface area (Å²) >= 11 is 3.44. The van der Waals surface area contributed by atoms with E-state index in [1.165, 1.54) is 12.8 Å². The van der Waals surface area contributed by atoms with E-state index in [0.29, 0.717) is 5.92 Å². The van der Waals surface area contributed by atoms with Crippen LogP contribution in [0.5, 0.6) is 0 Å². The van der Waals surface area contributed by atoms with Crippen LogP contribution in [-0.2, 0) is 0 Å². The number of nitrogens with one attached hydrogen (secondary N) is 1. The largest absolute Gasteiger partial charge is 0.342 e. The predicted molar refractivity (Wildman–Crippen MR) is 81.3 cm³/mol. The molecule has 0 aromatic heterocycles. The lowest BCUT2D eigenvalue weighted by atomic mass is 9.96. The van der Waals surface area contributed by atoms with Crippen molar-refractivity contribution in [3.63, 3.8) is 0 Å². The van der Waals surface area contributed by atoms with E-state index in [0.717, 1.165) is 36.1 Å². The minimum absolute atomic E-state index is 0.0937. The van der Waals surface area contributed by atoms with E-state index in [9.17, 15) is 4.79 Å². The Hall–Kier alpha value is -0.870. The summed E-state index contributed by atoms with van der Waals surface area (Å²) in [5.74, 6) is 0.805. The van der Waals surface area contributed by atoms with Crippen LogP contribution < -0.4 is 5.32 Å². The van der Waals surface area contributed by atoms with E-state index in [4.69, 9.17) is 0 Å². The number of piperidine rings is 1. The second kappa shape index (κ2) is 7.06. The molecule has 0 radical (unpaired) electrons. The van der Waals surface area contributed by atoms with Gasteiger partial charge in [0.05, 0.1) is 5.56 Å². The molecule has 1 amide bonds. The number of nitrogens with zero attached hydrogens (tertiary/aromatic N) is 1. The van der Waals surface area contributed by atoms with Crippen LogP contribution in [0.3, 0.4) is 0 Å². The van der Waals surface area contributed by atoms with Crippen molar-refractivity contribution in [3.05, 3.63) is 34.3 Å². The zero-order chi connectivity index (χ0) is 13.7. The van der Waals surface area contributed by atoms with Crippen LogP contribution in [0.4, 0.5) is 0 Å². The molecule has 1 saturated heterocycles. The summed E-state index contributed by atoms with van der Waals surface area (Å²) in [5, 5.41) is 3.42. The minimum atomic E-state index is 0.0937. The van der Waals surface area contributed by atoms with Crippen LogP contribution in [0.2, 0.25) is 0 Å². The van der Waals surface area contributed by atoms with E-state index in [1.807, 2.05) is 36.2 Å². The van der Waals surface area contributed by atoms with Gasteiger partial charge in [-0.3, -0.25) is 4.79 Å². The van der Waals surface area contributed by atoms with Gasteiger partial charge in [-0.1, -0.05) is 12.1 Å². The monoisotopic (exact) mass is 324 g/mol. The van der Waals surface area contributed by atoms with Gasteiger partial charge in [-0.05, 0) is 66.3 Å². The third kappa shape index (κ3) is 4.05. The Morgan fingerprint density at radius 3 is 2.95 bits per heavy atom. The van der Waals surface area contributed by atoms with E-state index >= 15 is 0 Å². The van der Waals surface area contributed by atoms with Gasteiger partial charge in [-0.25, -0.2) is 0 Å². The molecule has 1 aliphatic heterocycles. The van der Waals surface area contributed by atoms with Crippen LogP contribution in [-0.4, -0.2) is 37.5 Å². The number of carbonyl (C=O) groups excluding carboxylic acids is 1. The molecule has 1 unspecified atom stereocenters. The van der Waals surface area contributed by atoms with Gasteiger partial charge in [0.15, 0.2) is 0 Å². The van der Waals surface area contributed by atoms with Crippen LogP contribution in [0.1, 0.15) is 29.6 Å². The fourth-order valence-corrected chi connectivity index (χ4v) is 2.94. The lowest BCUT2D eigenvalue weighted by molar-refractivity contribution is 0.0784. The zero-order valence-electron chi connectivity index (χ0n) is 11.4. The highest BCUT2D eigenvalue weighted by Crippen LogP contribution is 2.19. The lowest BCUT2D eigenvalue weighted by Crippen LogP contribution is -2.34. The third-order valence-electron chi connectivity index (χ3n) is 3.72. The Labute approximate surface area is 123 Å². The van der Waals surface area contributed by atoms with Crippen molar-refractivity contribution >= 4 is 21.8 Å². The number of rotatable bonds is 4. The van der Waals surface area contributed by atoms with Gasteiger partial charge in [0.25, 0.3) is 5.91 Å². The summed E-state index contributed by atoms with van der Waals surface area (Å²) < 4.78 is 0.867. The van der Waals surface area contributed by atoms with E-state index in [1.54, 1.807) is 0 Å². The van der Waals surface area contributed by atoms with Crippen molar-refractivity contribution in [1.82, 2.24) is 10.2 Å². The quantitative estimate of drug-likeness (QED) is 0.923.